The number of hydrogen-bond donors (Lipinski definition) is 2. The molecule has 0 unspecified atom stereocenters. The Morgan fingerprint density at radius 3 is 3.00 bits per heavy atom. The quantitative estimate of drug-likeness (QED) is 0.519. The summed E-state index contributed by atoms with van der Waals surface area (Å²) in [6, 6.07) is -0.607. The van der Waals surface area contributed by atoms with Gasteiger partial charge >= 0.3 is 0 Å². The van der Waals surface area contributed by atoms with Crippen molar-refractivity contribution in [2.24, 2.45) is 10.9 Å². The third-order valence-electron chi connectivity index (χ3n) is 1.81. The zero-order valence-electron chi connectivity index (χ0n) is 6.14. The highest BCUT2D eigenvalue weighted by Crippen LogP contribution is 2.15. The summed E-state index contributed by atoms with van der Waals surface area (Å²) in [7, 11) is 0. The Balaban J connectivity index is 2.47. The molecule has 1 aliphatic rings. The van der Waals surface area contributed by atoms with Gasteiger partial charge in [0.25, 0.3) is 0 Å². The van der Waals surface area contributed by atoms with Crippen LogP contribution in [-0.4, -0.2) is 36.5 Å². The molecule has 3 atom stereocenters. The molecular formula is C6H12N2O3. The predicted octanol–water partition coefficient (Wildman–Crippen LogP) is -0.770. The number of ether oxygens (including phenoxy) is 1. The smallest absolute Gasteiger partial charge is 0.122 e. The predicted molar refractivity (Wildman–Crippen MR) is 39.0 cm³/mol. The zero-order chi connectivity index (χ0) is 8.27. The monoisotopic (exact) mass is 160 g/mol. The lowest BCUT2D eigenvalue weighted by Gasteiger charge is -2.29. The maximum atomic E-state index is 10.2. The maximum Gasteiger partial charge on any atom is 0.122 e. The summed E-state index contributed by atoms with van der Waals surface area (Å²) in [5.41, 5.74) is 5.51. The molecule has 5 heteroatoms. The number of aliphatic hydroxyl groups is 1. The first-order valence-electron chi connectivity index (χ1n) is 3.58. The highest BCUT2D eigenvalue weighted by atomic mass is 16.5. The standard InChI is InChI=1S/C6H12N2O3/c7-4-1-5(8-10)6(2-9)11-3-4/h4-6,9H,1-3,7H2/t4-,5+,6-/m0/s1. The van der Waals surface area contributed by atoms with Crippen LogP contribution in [0.1, 0.15) is 6.42 Å². The molecule has 0 aromatic rings. The molecule has 1 saturated heterocycles. The minimum Gasteiger partial charge on any atom is -0.394 e. The van der Waals surface area contributed by atoms with Crippen molar-refractivity contribution in [2.75, 3.05) is 13.2 Å². The summed E-state index contributed by atoms with van der Waals surface area (Å²) in [5.74, 6) is 0. The highest BCUT2D eigenvalue weighted by Gasteiger charge is 2.29. The molecular weight excluding hydrogens is 148 g/mol. The summed E-state index contributed by atoms with van der Waals surface area (Å²) in [5, 5.41) is 11.5. The van der Waals surface area contributed by atoms with Crippen molar-refractivity contribution in [2.45, 2.75) is 24.6 Å². The van der Waals surface area contributed by atoms with Crippen molar-refractivity contribution in [3.63, 3.8) is 0 Å². The Hall–Kier alpha value is -0.520. The van der Waals surface area contributed by atoms with Crippen LogP contribution in [0.2, 0.25) is 0 Å². The summed E-state index contributed by atoms with van der Waals surface area (Å²) in [4.78, 5) is 10.2. The van der Waals surface area contributed by atoms with Crippen LogP contribution in [-0.2, 0) is 4.74 Å². The van der Waals surface area contributed by atoms with Crippen LogP contribution in [0, 0.1) is 4.91 Å². The fourth-order valence-electron chi connectivity index (χ4n) is 1.17. The Morgan fingerprint density at radius 1 is 1.73 bits per heavy atom. The second kappa shape index (κ2) is 3.75. The average Bonchev–Trinajstić information content (AvgIpc) is 2.04. The van der Waals surface area contributed by atoms with E-state index in [9.17, 15) is 4.91 Å². The van der Waals surface area contributed by atoms with Crippen molar-refractivity contribution in [1.82, 2.24) is 0 Å². The van der Waals surface area contributed by atoms with E-state index in [1.807, 2.05) is 0 Å². The molecule has 0 bridgehead atoms. The third-order valence-corrected chi connectivity index (χ3v) is 1.81. The number of aliphatic hydroxyl groups excluding tert-OH is 1. The minimum absolute atomic E-state index is 0.125. The highest BCUT2D eigenvalue weighted by molar-refractivity contribution is 4.85. The molecule has 0 saturated carbocycles. The van der Waals surface area contributed by atoms with E-state index in [4.69, 9.17) is 15.6 Å². The lowest BCUT2D eigenvalue weighted by molar-refractivity contribution is -0.0377. The van der Waals surface area contributed by atoms with Crippen molar-refractivity contribution in [3.05, 3.63) is 4.91 Å². The molecule has 0 spiro atoms. The van der Waals surface area contributed by atoms with Gasteiger partial charge in [-0.3, -0.25) is 0 Å². The van der Waals surface area contributed by atoms with Crippen molar-refractivity contribution < 1.29 is 9.84 Å². The number of nitrogens with zero attached hydrogens (tertiary/aromatic N) is 1. The van der Waals surface area contributed by atoms with Gasteiger partial charge in [0, 0.05) is 6.04 Å². The minimum atomic E-state index is -0.483. The molecule has 0 aromatic carbocycles. The topological polar surface area (TPSA) is 84.9 Å². The van der Waals surface area contributed by atoms with E-state index < -0.39 is 12.1 Å². The summed E-state index contributed by atoms with van der Waals surface area (Å²) >= 11 is 0. The van der Waals surface area contributed by atoms with Gasteiger partial charge in [-0.15, -0.1) is 0 Å². The molecule has 3 N–H and O–H groups in total. The van der Waals surface area contributed by atoms with Crippen LogP contribution in [0.4, 0.5) is 0 Å². The molecule has 1 aliphatic heterocycles. The number of nitrogens with two attached hydrogens (primary N) is 1. The SMILES string of the molecule is N[C@@H]1CO[C@@H](CO)[C@H](N=O)C1. The van der Waals surface area contributed by atoms with Gasteiger partial charge in [-0.1, -0.05) is 5.18 Å². The summed E-state index contributed by atoms with van der Waals surface area (Å²) < 4.78 is 5.07. The molecule has 11 heavy (non-hydrogen) atoms. The van der Waals surface area contributed by atoms with Gasteiger partial charge in [0.1, 0.15) is 12.1 Å². The van der Waals surface area contributed by atoms with Crippen LogP contribution >= 0.6 is 0 Å². The molecule has 0 radical (unpaired) electrons. The van der Waals surface area contributed by atoms with E-state index in [1.165, 1.54) is 0 Å². The van der Waals surface area contributed by atoms with Gasteiger partial charge in [0.15, 0.2) is 0 Å². The van der Waals surface area contributed by atoms with Crippen LogP contribution in [0.25, 0.3) is 0 Å². The molecule has 5 nitrogen and oxygen atoms in total. The molecule has 1 fully saturated rings. The van der Waals surface area contributed by atoms with Crippen molar-refractivity contribution >= 4 is 0 Å². The zero-order valence-corrected chi connectivity index (χ0v) is 6.14. The summed E-state index contributed by atoms with van der Waals surface area (Å²) in [6.45, 7) is 0.236. The molecule has 64 valence electrons. The van der Waals surface area contributed by atoms with Gasteiger partial charge in [-0.25, -0.2) is 0 Å². The largest absolute Gasteiger partial charge is 0.394 e. The third kappa shape index (κ3) is 1.95. The Labute approximate surface area is 64.5 Å². The maximum absolute atomic E-state index is 10.2. The fraction of sp³-hybridized carbons (Fsp3) is 1.00. The van der Waals surface area contributed by atoms with E-state index in [0.717, 1.165) is 0 Å². The van der Waals surface area contributed by atoms with Gasteiger partial charge in [-0.05, 0) is 6.42 Å². The van der Waals surface area contributed by atoms with Gasteiger partial charge in [0.2, 0.25) is 0 Å². The molecule has 0 aliphatic carbocycles. The van der Waals surface area contributed by atoms with Crippen molar-refractivity contribution in [1.29, 1.82) is 0 Å². The second-order valence-electron chi connectivity index (χ2n) is 2.72. The number of rotatable bonds is 2. The second-order valence-corrected chi connectivity index (χ2v) is 2.72. The first kappa shape index (κ1) is 8.58. The fourth-order valence-corrected chi connectivity index (χ4v) is 1.17. The normalized spacial score (nSPS) is 38.5. The van der Waals surface area contributed by atoms with Crippen LogP contribution in [0.15, 0.2) is 5.18 Å². The average molecular weight is 160 g/mol. The number of nitroso groups, excluding NO2 is 1. The molecule has 1 heterocycles. The molecule has 1 rings (SSSR count). The van der Waals surface area contributed by atoms with E-state index in [0.29, 0.717) is 13.0 Å². The Morgan fingerprint density at radius 2 is 2.45 bits per heavy atom. The van der Waals surface area contributed by atoms with Crippen molar-refractivity contribution in [3.8, 4) is 0 Å². The van der Waals surface area contributed by atoms with E-state index >= 15 is 0 Å². The lowest BCUT2D eigenvalue weighted by atomic mass is 10.0. The summed E-state index contributed by atoms with van der Waals surface area (Å²) in [6.07, 6.45) is 0.0571. The first-order chi connectivity index (χ1) is 5.27. The molecule has 0 aromatic heterocycles. The van der Waals surface area contributed by atoms with Gasteiger partial charge in [-0.2, -0.15) is 4.91 Å². The Bertz CT molecular complexity index is 142. The van der Waals surface area contributed by atoms with Crippen LogP contribution in [0.3, 0.4) is 0 Å². The lowest BCUT2D eigenvalue weighted by Crippen LogP contribution is -2.45. The Kier molecular flexibility index (Phi) is 2.92. The van der Waals surface area contributed by atoms with E-state index in [1.54, 1.807) is 0 Å². The van der Waals surface area contributed by atoms with Crippen LogP contribution in [0.5, 0.6) is 0 Å². The van der Waals surface area contributed by atoms with Gasteiger partial charge < -0.3 is 15.6 Å². The van der Waals surface area contributed by atoms with E-state index in [-0.39, 0.29) is 12.6 Å². The van der Waals surface area contributed by atoms with Gasteiger partial charge in [0.05, 0.1) is 13.2 Å². The van der Waals surface area contributed by atoms with Crippen LogP contribution < -0.4 is 5.73 Å². The van der Waals surface area contributed by atoms with E-state index in [2.05, 4.69) is 5.18 Å². The first-order valence-corrected chi connectivity index (χ1v) is 3.58. The molecule has 0 amide bonds. The number of hydrogen-bond acceptors (Lipinski definition) is 5.